The molecular weight excluding hydrogens is 348 g/mol. The van der Waals surface area contributed by atoms with Gasteiger partial charge in [0.15, 0.2) is 0 Å². The quantitative estimate of drug-likeness (QED) is 0.847. The Morgan fingerprint density at radius 1 is 1.12 bits per heavy atom. The molecule has 1 fully saturated rings. The van der Waals surface area contributed by atoms with Crippen LogP contribution in [-0.4, -0.2) is 37.8 Å². The fraction of sp³-hybridized carbons (Fsp3) is 0.350. The number of benzene rings is 2. The van der Waals surface area contributed by atoms with Gasteiger partial charge in [-0.3, -0.25) is 4.79 Å². The fourth-order valence-corrected chi connectivity index (χ4v) is 4.88. The van der Waals surface area contributed by atoms with Crippen LogP contribution in [-0.2, 0) is 21.2 Å². The summed E-state index contributed by atoms with van der Waals surface area (Å²) in [5, 5.41) is 2.89. The number of carbonyl (C=O) groups excluding carboxylic acids is 1. The van der Waals surface area contributed by atoms with Gasteiger partial charge in [0.25, 0.3) is 0 Å². The molecule has 5 nitrogen and oxygen atoms in total. The third-order valence-corrected chi connectivity index (χ3v) is 6.61. The zero-order valence-electron chi connectivity index (χ0n) is 14.9. The van der Waals surface area contributed by atoms with Crippen LogP contribution in [0, 0.1) is 6.92 Å². The molecule has 138 valence electrons. The van der Waals surface area contributed by atoms with Crippen molar-refractivity contribution in [2.24, 2.45) is 0 Å². The van der Waals surface area contributed by atoms with E-state index in [1.807, 2.05) is 37.3 Å². The van der Waals surface area contributed by atoms with E-state index in [0.29, 0.717) is 25.9 Å². The van der Waals surface area contributed by atoms with Crippen molar-refractivity contribution in [3.05, 3.63) is 65.7 Å². The van der Waals surface area contributed by atoms with Gasteiger partial charge in [-0.1, -0.05) is 48.0 Å². The van der Waals surface area contributed by atoms with Gasteiger partial charge in [-0.25, -0.2) is 8.42 Å². The van der Waals surface area contributed by atoms with Crippen molar-refractivity contribution in [1.82, 2.24) is 9.62 Å². The lowest BCUT2D eigenvalue weighted by molar-refractivity contribution is -0.124. The van der Waals surface area contributed by atoms with Crippen molar-refractivity contribution in [2.75, 3.05) is 13.1 Å². The van der Waals surface area contributed by atoms with Gasteiger partial charge in [0.05, 0.1) is 4.90 Å². The number of nitrogens with zero attached hydrogens (tertiary/aromatic N) is 1. The molecule has 1 atom stereocenters. The minimum absolute atomic E-state index is 0.214. The Morgan fingerprint density at radius 3 is 2.50 bits per heavy atom. The van der Waals surface area contributed by atoms with Crippen molar-refractivity contribution in [3.63, 3.8) is 0 Å². The van der Waals surface area contributed by atoms with Gasteiger partial charge in [0.1, 0.15) is 6.04 Å². The molecule has 1 N–H and O–H groups in total. The highest BCUT2D eigenvalue weighted by molar-refractivity contribution is 7.89. The van der Waals surface area contributed by atoms with E-state index in [1.165, 1.54) is 4.31 Å². The van der Waals surface area contributed by atoms with Crippen LogP contribution in [0.25, 0.3) is 0 Å². The summed E-state index contributed by atoms with van der Waals surface area (Å²) in [7, 11) is -3.65. The number of nitrogens with one attached hydrogen (secondary N) is 1. The molecule has 2 aromatic carbocycles. The van der Waals surface area contributed by atoms with Crippen LogP contribution in [0.4, 0.5) is 0 Å². The smallest absolute Gasteiger partial charge is 0.243 e. The summed E-state index contributed by atoms with van der Waals surface area (Å²) in [5.41, 5.74) is 2.14. The molecule has 0 bridgehead atoms. The Labute approximate surface area is 155 Å². The molecule has 0 aliphatic carbocycles. The average Bonchev–Trinajstić information content (AvgIpc) is 3.14. The van der Waals surface area contributed by atoms with Gasteiger partial charge < -0.3 is 5.32 Å². The first-order chi connectivity index (χ1) is 12.5. The minimum atomic E-state index is -3.65. The third kappa shape index (κ3) is 4.14. The minimum Gasteiger partial charge on any atom is -0.354 e. The maximum Gasteiger partial charge on any atom is 0.243 e. The Morgan fingerprint density at radius 2 is 1.81 bits per heavy atom. The van der Waals surface area contributed by atoms with Crippen LogP contribution in [0.15, 0.2) is 59.5 Å². The highest BCUT2D eigenvalue weighted by Crippen LogP contribution is 2.26. The molecule has 0 radical (unpaired) electrons. The molecule has 0 spiro atoms. The number of aryl methyl sites for hydroxylation is 1. The summed E-state index contributed by atoms with van der Waals surface area (Å²) in [6.45, 7) is 2.79. The lowest BCUT2D eigenvalue weighted by Gasteiger charge is -2.23. The molecule has 0 saturated carbocycles. The number of carbonyl (C=O) groups is 1. The van der Waals surface area contributed by atoms with E-state index in [2.05, 4.69) is 5.32 Å². The first-order valence-electron chi connectivity index (χ1n) is 8.88. The van der Waals surface area contributed by atoms with Gasteiger partial charge >= 0.3 is 0 Å². The van der Waals surface area contributed by atoms with Crippen LogP contribution in [0.2, 0.25) is 0 Å². The molecule has 26 heavy (non-hydrogen) atoms. The monoisotopic (exact) mass is 372 g/mol. The predicted molar refractivity (Wildman–Crippen MR) is 101 cm³/mol. The molecule has 1 amide bonds. The first kappa shape index (κ1) is 18.6. The fourth-order valence-electron chi connectivity index (χ4n) is 3.23. The SMILES string of the molecule is Cc1ccc(S(=O)(=O)N2CCC[C@H]2C(=O)NCCc2ccccc2)cc1. The second-order valence-electron chi connectivity index (χ2n) is 6.61. The average molecular weight is 372 g/mol. The lowest BCUT2D eigenvalue weighted by Crippen LogP contribution is -2.46. The number of amides is 1. The van der Waals surface area contributed by atoms with Gasteiger partial charge in [0, 0.05) is 13.1 Å². The first-order valence-corrected chi connectivity index (χ1v) is 10.3. The van der Waals surface area contributed by atoms with Gasteiger partial charge in [-0.2, -0.15) is 4.31 Å². The predicted octanol–water partition coefficient (Wildman–Crippen LogP) is 2.51. The standard InChI is InChI=1S/C20H24N2O3S/c1-16-9-11-18(12-10-16)26(24,25)22-15-5-8-19(22)20(23)21-14-13-17-6-3-2-4-7-17/h2-4,6-7,9-12,19H,5,8,13-15H2,1H3,(H,21,23)/t19-/m0/s1. The summed E-state index contributed by atoms with van der Waals surface area (Å²) in [5.74, 6) is -0.214. The molecule has 2 aromatic rings. The summed E-state index contributed by atoms with van der Waals surface area (Å²) in [6.07, 6.45) is 1.98. The highest BCUT2D eigenvalue weighted by atomic mass is 32.2. The van der Waals surface area contributed by atoms with Crippen molar-refractivity contribution in [2.45, 2.75) is 37.1 Å². The van der Waals surface area contributed by atoms with Crippen LogP contribution in [0.1, 0.15) is 24.0 Å². The molecule has 6 heteroatoms. The normalized spacial score (nSPS) is 18.0. The van der Waals surface area contributed by atoms with Crippen LogP contribution < -0.4 is 5.32 Å². The highest BCUT2D eigenvalue weighted by Gasteiger charge is 2.39. The maximum absolute atomic E-state index is 12.9. The largest absolute Gasteiger partial charge is 0.354 e. The van der Waals surface area contributed by atoms with E-state index in [4.69, 9.17) is 0 Å². The van der Waals surface area contributed by atoms with E-state index < -0.39 is 16.1 Å². The Hall–Kier alpha value is -2.18. The van der Waals surface area contributed by atoms with E-state index in [9.17, 15) is 13.2 Å². The molecule has 1 heterocycles. The molecule has 3 rings (SSSR count). The molecule has 1 aliphatic heterocycles. The van der Waals surface area contributed by atoms with Crippen LogP contribution >= 0.6 is 0 Å². The second-order valence-corrected chi connectivity index (χ2v) is 8.50. The number of hydrogen-bond acceptors (Lipinski definition) is 3. The Bertz CT molecular complexity index is 848. The van der Waals surface area contributed by atoms with Crippen molar-refractivity contribution in [1.29, 1.82) is 0 Å². The molecule has 0 aromatic heterocycles. The number of rotatable bonds is 6. The molecule has 1 saturated heterocycles. The zero-order valence-corrected chi connectivity index (χ0v) is 15.7. The molecule has 1 aliphatic rings. The van der Waals surface area contributed by atoms with Crippen molar-refractivity contribution >= 4 is 15.9 Å². The van der Waals surface area contributed by atoms with Crippen LogP contribution in [0.3, 0.4) is 0 Å². The summed E-state index contributed by atoms with van der Waals surface area (Å²) in [6, 6.07) is 16.0. The van der Waals surface area contributed by atoms with E-state index in [-0.39, 0.29) is 10.8 Å². The zero-order chi connectivity index (χ0) is 18.6. The van der Waals surface area contributed by atoms with Crippen LogP contribution in [0.5, 0.6) is 0 Å². The second kappa shape index (κ2) is 8.01. The summed E-state index contributed by atoms with van der Waals surface area (Å²) in [4.78, 5) is 12.8. The van der Waals surface area contributed by atoms with Gasteiger partial charge in [-0.15, -0.1) is 0 Å². The number of hydrogen-bond donors (Lipinski definition) is 1. The molecular formula is C20H24N2O3S. The third-order valence-electron chi connectivity index (χ3n) is 4.69. The Balaban J connectivity index is 1.65. The van der Waals surface area contributed by atoms with Crippen molar-refractivity contribution in [3.8, 4) is 0 Å². The number of sulfonamides is 1. The van der Waals surface area contributed by atoms with E-state index in [0.717, 1.165) is 17.5 Å². The summed E-state index contributed by atoms with van der Waals surface area (Å²) >= 11 is 0. The topological polar surface area (TPSA) is 66.5 Å². The summed E-state index contributed by atoms with van der Waals surface area (Å²) < 4.78 is 27.1. The Kier molecular flexibility index (Phi) is 5.74. The van der Waals surface area contributed by atoms with Crippen molar-refractivity contribution < 1.29 is 13.2 Å². The lowest BCUT2D eigenvalue weighted by atomic mass is 10.1. The molecule has 0 unspecified atom stereocenters. The van der Waals surface area contributed by atoms with Gasteiger partial charge in [-0.05, 0) is 43.9 Å². The van der Waals surface area contributed by atoms with E-state index in [1.54, 1.807) is 24.3 Å². The van der Waals surface area contributed by atoms with Gasteiger partial charge in [0.2, 0.25) is 15.9 Å². The van der Waals surface area contributed by atoms with E-state index >= 15 is 0 Å². The maximum atomic E-state index is 12.9.